The zero-order chi connectivity index (χ0) is 27.1. The van der Waals surface area contributed by atoms with Gasteiger partial charge in [-0.2, -0.15) is 18.4 Å². The second-order valence-corrected chi connectivity index (χ2v) is 9.24. The van der Waals surface area contributed by atoms with Crippen molar-refractivity contribution in [2.75, 3.05) is 16.4 Å². The van der Waals surface area contributed by atoms with Gasteiger partial charge < -0.3 is 9.64 Å². The highest BCUT2D eigenvalue weighted by atomic mass is 32.1. The zero-order valence-electron chi connectivity index (χ0n) is 19.7. The number of hydrogen-bond donors (Lipinski definition) is 0. The van der Waals surface area contributed by atoms with Crippen molar-refractivity contribution in [1.29, 1.82) is 5.26 Å². The van der Waals surface area contributed by atoms with E-state index in [-0.39, 0.29) is 28.8 Å². The molecule has 5 rings (SSSR count). The fourth-order valence-electron chi connectivity index (χ4n) is 4.64. The maximum atomic E-state index is 15.4. The van der Waals surface area contributed by atoms with Crippen molar-refractivity contribution >= 4 is 34.6 Å². The smallest absolute Gasteiger partial charge is 0.419 e. The molecule has 38 heavy (non-hydrogen) atoms. The van der Waals surface area contributed by atoms with Crippen molar-refractivity contribution in [3.8, 4) is 11.8 Å². The first kappa shape index (κ1) is 25.5. The first-order valence-corrected chi connectivity index (χ1v) is 12.0. The summed E-state index contributed by atoms with van der Waals surface area (Å²) in [5.74, 6) is -0.995. The molecule has 1 saturated heterocycles. The van der Waals surface area contributed by atoms with Crippen LogP contribution in [0, 0.1) is 17.1 Å². The summed E-state index contributed by atoms with van der Waals surface area (Å²) in [7, 11) is 0. The van der Waals surface area contributed by atoms with Crippen LogP contribution in [-0.2, 0) is 17.4 Å². The normalized spacial score (nSPS) is 16.5. The standard InChI is InChI=1S/C26H19F4N5O2S/c27-20-13-18(37-11-7-16-4-1-2-10-32-16)5-6-22(20)35-24(38)34(23(36)25(35)8-3-9-25)17-12-19(26(28,29)30)21(14-31)33-15-17/h1-2,4-6,10,12-13,15H,3,7-9,11H2. The number of hydrogen-bond acceptors (Lipinski definition) is 6. The molecule has 12 heteroatoms. The number of nitrogens with zero attached hydrogens (tertiary/aromatic N) is 5. The second kappa shape index (κ2) is 9.64. The lowest BCUT2D eigenvalue weighted by Gasteiger charge is -2.43. The molecule has 0 bridgehead atoms. The Balaban J connectivity index is 1.43. The Morgan fingerprint density at radius 2 is 1.95 bits per heavy atom. The summed E-state index contributed by atoms with van der Waals surface area (Å²) < 4.78 is 61.7. The minimum atomic E-state index is -4.87. The molecule has 1 spiro atoms. The van der Waals surface area contributed by atoms with Crippen molar-refractivity contribution in [2.45, 2.75) is 37.4 Å². The molecule has 1 aliphatic carbocycles. The first-order valence-electron chi connectivity index (χ1n) is 11.6. The monoisotopic (exact) mass is 541 g/mol. The van der Waals surface area contributed by atoms with Gasteiger partial charge in [-0.15, -0.1) is 0 Å². The average Bonchev–Trinajstić information content (AvgIpc) is 3.10. The summed E-state index contributed by atoms with van der Waals surface area (Å²) in [6.07, 6.45) is -0.338. The molecule has 194 valence electrons. The summed E-state index contributed by atoms with van der Waals surface area (Å²) in [4.78, 5) is 23.7. The maximum absolute atomic E-state index is 15.4. The summed E-state index contributed by atoms with van der Waals surface area (Å²) in [5.41, 5.74) is -2.73. The number of rotatable bonds is 6. The summed E-state index contributed by atoms with van der Waals surface area (Å²) in [6.45, 7) is 0.265. The maximum Gasteiger partial charge on any atom is 0.419 e. The van der Waals surface area contributed by atoms with E-state index < -0.39 is 34.7 Å². The predicted octanol–water partition coefficient (Wildman–Crippen LogP) is 5.19. The lowest BCUT2D eigenvalue weighted by Crippen LogP contribution is -2.55. The minimum absolute atomic E-state index is 0.0141. The average molecular weight is 542 g/mol. The topological polar surface area (TPSA) is 82.4 Å². The van der Waals surface area contributed by atoms with Crippen molar-refractivity contribution < 1.29 is 27.1 Å². The van der Waals surface area contributed by atoms with Crippen LogP contribution in [-0.4, -0.2) is 33.1 Å². The minimum Gasteiger partial charge on any atom is -0.493 e. The number of alkyl halides is 3. The molecular weight excluding hydrogens is 522 g/mol. The molecule has 1 aromatic carbocycles. The third-order valence-corrected chi connectivity index (χ3v) is 7.01. The van der Waals surface area contributed by atoms with Crippen LogP contribution in [0.1, 0.15) is 36.2 Å². The van der Waals surface area contributed by atoms with Gasteiger partial charge >= 0.3 is 6.18 Å². The largest absolute Gasteiger partial charge is 0.493 e. The molecule has 3 heterocycles. The Bertz CT molecular complexity index is 1450. The van der Waals surface area contributed by atoms with Crippen molar-refractivity contribution in [3.63, 3.8) is 0 Å². The van der Waals surface area contributed by atoms with Gasteiger partial charge in [0.05, 0.1) is 29.7 Å². The molecule has 7 nitrogen and oxygen atoms in total. The predicted molar refractivity (Wildman–Crippen MR) is 133 cm³/mol. The van der Waals surface area contributed by atoms with Crippen LogP contribution < -0.4 is 14.5 Å². The molecule has 2 fully saturated rings. The number of ether oxygens (including phenoxy) is 1. The quantitative estimate of drug-likeness (QED) is 0.314. The van der Waals surface area contributed by atoms with Gasteiger partial charge in [0.15, 0.2) is 16.6 Å². The van der Waals surface area contributed by atoms with E-state index in [2.05, 4.69) is 9.97 Å². The number of halogens is 4. The molecule has 2 aromatic heterocycles. The number of aromatic nitrogens is 2. The van der Waals surface area contributed by atoms with Crippen LogP contribution in [0.25, 0.3) is 0 Å². The molecule has 2 aliphatic rings. The van der Waals surface area contributed by atoms with E-state index in [4.69, 9.17) is 22.2 Å². The van der Waals surface area contributed by atoms with Gasteiger partial charge in [0.2, 0.25) is 0 Å². The molecule has 1 saturated carbocycles. The number of carbonyl (C=O) groups is 1. The van der Waals surface area contributed by atoms with Crippen LogP contribution in [0.5, 0.6) is 5.75 Å². The van der Waals surface area contributed by atoms with E-state index in [0.29, 0.717) is 31.7 Å². The van der Waals surface area contributed by atoms with Gasteiger partial charge in [0.25, 0.3) is 5.91 Å². The number of carbonyl (C=O) groups excluding carboxylic acids is 1. The Labute approximate surface area is 220 Å². The number of amides is 1. The van der Waals surface area contributed by atoms with E-state index in [1.54, 1.807) is 18.3 Å². The van der Waals surface area contributed by atoms with Crippen LogP contribution in [0.15, 0.2) is 54.9 Å². The third-order valence-electron chi connectivity index (χ3n) is 6.65. The molecule has 1 aliphatic heterocycles. The van der Waals surface area contributed by atoms with E-state index >= 15 is 4.39 Å². The summed E-state index contributed by atoms with van der Waals surface area (Å²) in [6, 6.07) is 11.7. The zero-order valence-corrected chi connectivity index (χ0v) is 20.5. The van der Waals surface area contributed by atoms with E-state index in [9.17, 15) is 18.0 Å². The SMILES string of the molecule is N#Cc1ncc(N2C(=O)C3(CCC3)N(c3ccc(OCCc4ccccn4)cc3F)C2=S)cc1C(F)(F)F. The fourth-order valence-corrected chi connectivity index (χ4v) is 5.10. The lowest BCUT2D eigenvalue weighted by molar-refractivity contribution is -0.138. The van der Waals surface area contributed by atoms with Crippen LogP contribution >= 0.6 is 12.2 Å². The Hall–Kier alpha value is -4.11. The van der Waals surface area contributed by atoms with Gasteiger partial charge in [-0.3, -0.25) is 14.7 Å². The van der Waals surface area contributed by atoms with E-state index in [1.807, 2.05) is 12.1 Å². The van der Waals surface area contributed by atoms with Crippen LogP contribution in [0.2, 0.25) is 0 Å². The number of nitriles is 1. The fraction of sp³-hybridized carbons (Fsp3) is 0.269. The highest BCUT2D eigenvalue weighted by Crippen LogP contribution is 2.49. The molecule has 0 atom stereocenters. The molecule has 1 amide bonds. The van der Waals surface area contributed by atoms with Crippen molar-refractivity contribution in [3.05, 3.63) is 77.6 Å². The summed E-state index contributed by atoms with van der Waals surface area (Å²) >= 11 is 5.52. The van der Waals surface area contributed by atoms with Crippen molar-refractivity contribution in [1.82, 2.24) is 9.97 Å². The number of thiocarbonyl (C=S) groups is 1. The highest BCUT2D eigenvalue weighted by Gasteiger charge is 2.60. The van der Waals surface area contributed by atoms with Gasteiger partial charge in [-0.1, -0.05) is 6.07 Å². The van der Waals surface area contributed by atoms with Crippen LogP contribution in [0.3, 0.4) is 0 Å². The van der Waals surface area contributed by atoms with E-state index in [1.165, 1.54) is 23.1 Å². The molecule has 0 N–H and O–H groups in total. The molecule has 0 unspecified atom stereocenters. The Morgan fingerprint density at radius 1 is 1.16 bits per heavy atom. The van der Waals surface area contributed by atoms with Crippen LogP contribution in [0.4, 0.5) is 28.9 Å². The third kappa shape index (κ3) is 4.32. The van der Waals surface area contributed by atoms with Gasteiger partial charge in [-0.25, -0.2) is 9.37 Å². The Kier molecular flexibility index (Phi) is 6.48. The van der Waals surface area contributed by atoms with Gasteiger partial charge in [0.1, 0.15) is 17.4 Å². The number of benzene rings is 1. The lowest BCUT2D eigenvalue weighted by atomic mass is 9.75. The van der Waals surface area contributed by atoms with E-state index in [0.717, 1.165) is 16.8 Å². The van der Waals surface area contributed by atoms with Crippen molar-refractivity contribution in [2.24, 2.45) is 0 Å². The summed E-state index contributed by atoms with van der Waals surface area (Å²) in [5, 5.41) is 8.88. The molecule has 3 aromatic rings. The molecule has 0 radical (unpaired) electrons. The van der Waals surface area contributed by atoms with Gasteiger partial charge in [-0.05, 0) is 61.8 Å². The van der Waals surface area contributed by atoms with Gasteiger partial charge in [0, 0.05) is 24.4 Å². The second-order valence-electron chi connectivity index (χ2n) is 8.88. The Morgan fingerprint density at radius 3 is 2.55 bits per heavy atom. The number of anilines is 2. The number of pyridine rings is 2. The molecular formula is C26H19F4N5O2S. The highest BCUT2D eigenvalue weighted by molar-refractivity contribution is 7.81. The first-order chi connectivity index (χ1) is 18.2.